The standard InChI is InChI=1S/C18H31N3/c1-14(2)19-13-16-7-6-12-21(5)18(16)15-8-10-17(11-9-15)20(3)4/h8-11,14,16,18-19H,6-7,12-13H2,1-5H3. The van der Waals surface area contributed by atoms with Crippen LogP contribution in [-0.2, 0) is 0 Å². The molecule has 0 aromatic heterocycles. The van der Waals surface area contributed by atoms with E-state index in [1.807, 2.05) is 0 Å². The molecule has 1 aromatic carbocycles. The van der Waals surface area contributed by atoms with E-state index in [2.05, 4.69) is 74.4 Å². The Bertz CT molecular complexity index is 425. The smallest absolute Gasteiger partial charge is 0.0385 e. The second-order valence-corrected chi connectivity index (χ2v) is 6.88. The third-order valence-corrected chi connectivity index (χ3v) is 4.55. The summed E-state index contributed by atoms with van der Waals surface area (Å²) in [6, 6.07) is 10.2. The molecule has 21 heavy (non-hydrogen) atoms. The molecule has 2 atom stereocenters. The third kappa shape index (κ3) is 4.21. The van der Waals surface area contributed by atoms with Crippen molar-refractivity contribution in [1.82, 2.24) is 10.2 Å². The molecule has 1 N–H and O–H groups in total. The minimum absolute atomic E-state index is 0.543. The van der Waals surface area contributed by atoms with Crippen LogP contribution in [0, 0.1) is 5.92 Å². The van der Waals surface area contributed by atoms with Crippen LogP contribution in [0.15, 0.2) is 24.3 Å². The number of anilines is 1. The summed E-state index contributed by atoms with van der Waals surface area (Å²) in [6.45, 7) is 6.78. The van der Waals surface area contributed by atoms with Gasteiger partial charge in [0.15, 0.2) is 0 Å². The highest BCUT2D eigenvalue weighted by molar-refractivity contribution is 5.46. The molecule has 1 aliphatic rings. The Kier molecular flexibility index (Phi) is 5.65. The zero-order valence-electron chi connectivity index (χ0n) is 14.3. The predicted molar refractivity (Wildman–Crippen MR) is 92.0 cm³/mol. The Hall–Kier alpha value is -1.06. The number of hydrogen-bond acceptors (Lipinski definition) is 3. The van der Waals surface area contributed by atoms with Crippen molar-refractivity contribution < 1.29 is 0 Å². The van der Waals surface area contributed by atoms with Gasteiger partial charge in [-0.3, -0.25) is 4.90 Å². The van der Waals surface area contributed by atoms with Crippen LogP contribution >= 0.6 is 0 Å². The van der Waals surface area contributed by atoms with Crippen molar-refractivity contribution in [1.29, 1.82) is 0 Å². The van der Waals surface area contributed by atoms with Crippen LogP contribution in [0.25, 0.3) is 0 Å². The fourth-order valence-corrected chi connectivity index (χ4v) is 3.36. The van der Waals surface area contributed by atoms with E-state index < -0.39 is 0 Å². The highest BCUT2D eigenvalue weighted by Crippen LogP contribution is 2.35. The van der Waals surface area contributed by atoms with Gasteiger partial charge in [-0.2, -0.15) is 0 Å². The van der Waals surface area contributed by atoms with Crippen molar-refractivity contribution in [3.63, 3.8) is 0 Å². The molecular weight excluding hydrogens is 258 g/mol. The second-order valence-electron chi connectivity index (χ2n) is 6.88. The van der Waals surface area contributed by atoms with Gasteiger partial charge in [0.05, 0.1) is 0 Å². The van der Waals surface area contributed by atoms with Crippen molar-refractivity contribution in [2.45, 2.75) is 38.8 Å². The number of nitrogens with zero attached hydrogens (tertiary/aromatic N) is 2. The largest absolute Gasteiger partial charge is 0.378 e. The molecule has 1 aromatic rings. The summed E-state index contributed by atoms with van der Waals surface area (Å²) in [6.07, 6.45) is 2.64. The molecule has 0 spiro atoms. The average Bonchev–Trinajstić information content (AvgIpc) is 2.45. The number of nitrogens with one attached hydrogen (secondary N) is 1. The van der Waals surface area contributed by atoms with E-state index in [1.54, 1.807) is 0 Å². The van der Waals surface area contributed by atoms with Crippen LogP contribution < -0.4 is 10.2 Å². The zero-order valence-corrected chi connectivity index (χ0v) is 14.3. The molecule has 1 fully saturated rings. The van der Waals surface area contributed by atoms with Gasteiger partial charge < -0.3 is 10.2 Å². The van der Waals surface area contributed by atoms with Crippen molar-refractivity contribution in [3.05, 3.63) is 29.8 Å². The summed E-state index contributed by atoms with van der Waals surface area (Å²) < 4.78 is 0. The van der Waals surface area contributed by atoms with Gasteiger partial charge in [-0.05, 0) is 50.0 Å². The Morgan fingerprint density at radius 1 is 1.24 bits per heavy atom. The number of benzene rings is 1. The van der Waals surface area contributed by atoms with Gasteiger partial charge in [0.25, 0.3) is 0 Å². The summed E-state index contributed by atoms with van der Waals surface area (Å²) in [5, 5.41) is 3.63. The first-order valence-electron chi connectivity index (χ1n) is 8.20. The number of rotatable bonds is 5. The molecule has 0 bridgehead atoms. The molecule has 118 valence electrons. The van der Waals surface area contributed by atoms with Crippen LogP contribution in [0.4, 0.5) is 5.69 Å². The van der Waals surface area contributed by atoms with Crippen LogP contribution in [0.3, 0.4) is 0 Å². The van der Waals surface area contributed by atoms with Gasteiger partial charge in [-0.25, -0.2) is 0 Å². The molecule has 1 heterocycles. The van der Waals surface area contributed by atoms with Gasteiger partial charge in [0.2, 0.25) is 0 Å². The molecule has 3 heteroatoms. The van der Waals surface area contributed by atoms with E-state index in [0.29, 0.717) is 18.0 Å². The summed E-state index contributed by atoms with van der Waals surface area (Å²) in [5.74, 6) is 0.705. The monoisotopic (exact) mass is 289 g/mol. The first-order chi connectivity index (χ1) is 9.99. The van der Waals surface area contributed by atoms with E-state index in [9.17, 15) is 0 Å². The molecule has 0 radical (unpaired) electrons. The first-order valence-corrected chi connectivity index (χ1v) is 8.20. The topological polar surface area (TPSA) is 18.5 Å². The van der Waals surface area contributed by atoms with E-state index in [-0.39, 0.29) is 0 Å². The molecule has 0 amide bonds. The maximum Gasteiger partial charge on any atom is 0.0385 e. The molecule has 2 rings (SSSR count). The number of likely N-dealkylation sites (tertiary alicyclic amines) is 1. The minimum atomic E-state index is 0.543. The minimum Gasteiger partial charge on any atom is -0.378 e. The highest BCUT2D eigenvalue weighted by atomic mass is 15.1. The van der Waals surface area contributed by atoms with Crippen molar-refractivity contribution in [3.8, 4) is 0 Å². The summed E-state index contributed by atoms with van der Waals surface area (Å²) in [4.78, 5) is 4.69. The van der Waals surface area contributed by atoms with E-state index >= 15 is 0 Å². The normalized spacial score (nSPS) is 23.5. The van der Waals surface area contributed by atoms with Crippen molar-refractivity contribution in [2.24, 2.45) is 5.92 Å². The number of hydrogen-bond donors (Lipinski definition) is 1. The van der Waals surface area contributed by atoms with Crippen molar-refractivity contribution >= 4 is 5.69 Å². The highest BCUT2D eigenvalue weighted by Gasteiger charge is 2.30. The molecule has 1 aliphatic heterocycles. The van der Waals surface area contributed by atoms with E-state index in [0.717, 1.165) is 6.54 Å². The Morgan fingerprint density at radius 3 is 2.48 bits per heavy atom. The Balaban J connectivity index is 2.14. The summed E-state index contributed by atoms with van der Waals surface area (Å²) in [5.41, 5.74) is 2.73. The fraction of sp³-hybridized carbons (Fsp3) is 0.667. The zero-order chi connectivity index (χ0) is 15.4. The molecule has 0 saturated carbocycles. The molecule has 2 unspecified atom stereocenters. The quantitative estimate of drug-likeness (QED) is 0.898. The van der Waals surface area contributed by atoms with Crippen LogP contribution in [-0.4, -0.2) is 45.2 Å². The number of piperidine rings is 1. The van der Waals surface area contributed by atoms with Gasteiger partial charge in [-0.1, -0.05) is 26.0 Å². The Morgan fingerprint density at radius 2 is 1.90 bits per heavy atom. The molecule has 3 nitrogen and oxygen atoms in total. The third-order valence-electron chi connectivity index (χ3n) is 4.55. The maximum atomic E-state index is 3.63. The summed E-state index contributed by atoms with van der Waals surface area (Å²) >= 11 is 0. The molecular formula is C18H31N3. The van der Waals surface area contributed by atoms with Crippen LogP contribution in [0.1, 0.15) is 38.3 Å². The van der Waals surface area contributed by atoms with Crippen LogP contribution in [0.2, 0.25) is 0 Å². The lowest BCUT2D eigenvalue weighted by Crippen LogP contribution is -2.41. The predicted octanol–water partition coefficient (Wildman–Crippen LogP) is 3.13. The van der Waals surface area contributed by atoms with Gasteiger partial charge in [-0.15, -0.1) is 0 Å². The first kappa shape index (κ1) is 16.3. The lowest BCUT2D eigenvalue weighted by Gasteiger charge is -2.40. The maximum absolute atomic E-state index is 3.63. The summed E-state index contributed by atoms with van der Waals surface area (Å²) in [7, 11) is 6.46. The lowest BCUT2D eigenvalue weighted by atomic mass is 9.84. The molecule has 1 saturated heterocycles. The lowest BCUT2D eigenvalue weighted by molar-refractivity contribution is 0.118. The SMILES string of the molecule is CC(C)NCC1CCCN(C)C1c1ccc(N(C)C)cc1. The van der Waals surface area contributed by atoms with E-state index in [1.165, 1.54) is 30.6 Å². The fourth-order valence-electron chi connectivity index (χ4n) is 3.36. The van der Waals surface area contributed by atoms with Crippen LogP contribution in [0.5, 0.6) is 0 Å². The molecule has 0 aliphatic carbocycles. The van der Waals surface area contributed by atoms with E-state index in [4.69, 9.17) is 0 Å². The average molecular weight is 289 g/mol. The van der Waals surface area contributed by atoms with Gasteiger partial charge in [0, 0.05) is 38.4 Å². The van der Waals surface area contributed by atoms with Crippen molar-refractivity contribution in [2.75, 3.05) is 39.1 Å². The second kappa shape index (κ2) is 7.28. The Labute approximate surface area is 130 Å². The van der Waals surface area contributed by atoms with Gasteiger partial charge >= 0.3 is 0 Å². The van der Waals surface area contributed by atoms with Gasteiger partial charge in [0.1, 0.15) is 0 Å².